The van der Waals surface area contributed by atoms with Crippen LogP contribution in [0.4, 0.5) is 5.69 Å². The maximum atomic E-state index is 11.3. The number of hydrogen-bond acceptors (Lipinski definition) is 2. The SMILES string of the molecule is CCCC(C)c1cc(S(C)(C)[C@@H](C)CCC)cc(C)c1N=O. The van der Waals surface area contributed by atoms with Crippen LogP contribution in [0.2, 0.25) is 0 Å². The van der Waals surface area contributed by atoms with Crippen molar-refractivity contribution in [2.24, 2.45) is 5.18 Å². The first-order valence-electron chi connectivity index (χ1n) is 8.49. The molecule has 0 bridgehead atoms. The van der Waals surface area contributed by atoms with Crippen LogP contribution in [-0.2, 0) is 0 Å². The molecule has 1 rings (SSSR count). The summed E-state index contributed by atoms with van der Waals surface area (Å²) in [5.41, 5.74) is 2.86. The van der Waals surface area contributed by atoms with Gasteiger partial charge in [-0.15, -0.1) is 4.91 Å². The maximum Gasteiger partial charge on any atom is 0.114 e. The van der Waals surface area contributed by atoms with Gasteiger partial charge in [-0.2, -0.15) is 0 Å². The number of nitroso groups, excluding NO2 is 1. The molecule has 22 heavy (non-hydrogen) atoms. The lowest BCUT2D eigenvalue weighted by Crippen LogP contribution is -2.14. The minimum atomic E-state index is -0.863. The molecule has 0 amide bonds. The Labute approximate surface area is 138 Å². The molecule has 3 heteroatoms. The second kappa shape index (κ2) is 8.14. The molecule has 0 saturated carbocycles. The standard InChI is InChI=1S/C19H33NOS/c1-8-10-14(3)18-13-17(12-15(4)19(18)20-21)22(6,7)16(5)11-9-2/h12-14,16H,8-11H2,1-7H3/t14?,16-/m0/s1. The highest BCUT2D eigenvalue weighted by atomic mass is 32.3. The van der Waals surface area contributed by atoms with E-state index in [4.69, 9.17) is 0 Å². The predicted octanol–water partition coefficient (Wildman–Crippen LogP) is 6.91. The molecule has 1 aromatic rings. The summed E-state index contributed by atoms with van der Waals surface area (Å²) in [5, 5.41) is 4.03. The Bertz CT molecular complexity index is 510. The van der Waals surface area contributed by atoms with Crippen molar-refractivity contribution in [1.82, 2.24) is 0 Å². The van der Waals surface area contributed by atoms with Crippen LogP contribution in [0.5, 0.6) is 0 Å². The fraction of sp³-hybridized carbons (Fsp3) is 0.684. The van der Waals surface area contributed by atoms with Gasteiger partial charge in [0, 0.05) is 0 Å². The summed E-state index contributed by atoms with van der Waals surface area (Å²) in [6.07, 6.45) is 9.53. The van der Waals surface area contributed by atoms with Crippen molar-refractivity contribution >= 4 is 15.7 Å². The van der Waals surface area contributed by atoms with Crippen LogP contribution in [-0.4, -0.2) is 17.8 Å². The van der Waals surface area contributed by atoms with Crippen molar-refractivity contribution in [3.05, 3.63) is 28.2 Å². The second-order valence-corrected chi connectivity index (χ2v) is 11.1. The molecule has 0 N–H and O–H groups in total. The van der Waals surface area contributed by atoms with E-state index < -0.39 is 10.0 Å². The number of nitrogens with zero attached hydrogens (tertiary/aromatic N) is 1. The van der Waals surface area contributed by atoms with Crippen molar-refractivity contribution in [2.75, 3.05) is 12.5 Å². The molecule has 2 atom stereocenters. The van der Waals surface area contributed by atoms with Gasteiger partial charge in [0.1, 0.15) is 5.69 Å². The first-order valence-corrected chi connectivity index (χ1v) is 11.0. The topological polar surface area (TPSA) is 29.4 Å². The van der Waals surface area contributed by atoms with Crippen molar-refractivity contribution < 1.29 is 0 Å². The van der Waals surface area contributed by atoms with Crippen LogP contribution in [0.3, 0.4) is 0 Å². The number of hydrogen-bond donors (Lipinski definition) is 0. The molecule has 1 aromatic carbocycles. The number of rotatable bonds is 8. The summed E-state index contributed by atoms with van der Waals surface area (Å²) in [4.78, 5) is 12.7. The van der Waals surface area contributed by atoms with Crippen LogP contribution >= 0.6 is 10.0 Å². The van der Waals surface area contributed by atoms with Crippen molar-refractivity contribution in [3.63, 3.8) is 0 Å². The summed E-state index contributed by atoms with van der Waals surface area (Å²) in [7, 11) is -0.863. The molecule has 1 unspecified atom stereocenters. The molecule has 2 nitrogen and oxygen atoms in total. The van der Waals surface area contributed by atoms with E-state index in [0.717, 1.165) is 24.0 Å². The van der Waals surface area contributed by atoms with E-state index in [-0.39, 0.29) is 0 Å². The first kappa shape index (κ1) is 19.2. The van der Waals surface area contributed by atoms with Crippen LogP contribution in [0, 0.1) is 11.8 Å². The number of aryl methyl sites for hydroxylation is 1. The Morgan fingerprint density at radius 1 is 1.09 bits per heavy atom. The van der Waals surface area contributed by atoms with E-state index in [0.29, 0.717) is 16.9 Å². The van der Waals surface area contributed by atoms with Gasteiger partial charge < -0.3 is 0 Å². The summed E-state index contributed by atoms with van der Waals surface area (Å²) < 4.78 is 0. The van der Waals surface area contributed by atoms with Crippen LogP contribution in [0.1, 0.15) is 70.4 Å². The Morgan fingerprint density at radius 3 is 2.18 bits per heavy atom. The van der Waals surface area contributed by atoms with E-state index in [9.17, 15) is 4.91 Å². The fourth-order valence-corrected chi connectivity index (χ4v) is 5.30. The molecule has 0 aliphatic rings. The third-order valence-electron chi connectivity index (χ3n) is 4.96. The van der Waals surface area contributed by atoms with E-state index in [1.165, 1.54) is 17.7 Å². The molecule has 0 spiro atoms. The minimum absolute atomic E-state index is 0.396. The van der Waals surface area contributed by atoms with Crippen LogP contribution in [0.15, 0.2) is 22.2 Å². The van der Waals surface area contributed by atoms with Crippen molar-refractivity contribution in [1.29, 1.82) is 0 Å². The summed E-state index contributed by atoms with van der Waals surface area (Å²) in [6.45, 7) is 11.1. The quantitative estimate of drug-likeness (QED) is 0.478. The smallest absolute Gasteiger partial charge is 0.114 e. The van der Waals surface area contributed by atoms with Gasteiger partial charge >= 0.3 is 0 Å². The molecule has 0 saturated heterocycles. The largest absolute Gasteiger partial charge is 0.218 e. The van der Waals surface area contributed by atoms with E-state index in [1.54, 1.807) is 0 Å². The van der Waals surface area contributed by atoms with Gasteiger partial charge in [-0.1, -0.05) is 40.5 Å². The normalized spacial score (nSPS) is 15.4. The molecule has 0 aliphatic heterocycles. The van der Waals surface area contributed by atoms with Gasteiger partial charge in [0.05, 0.1) is 0 Å². The zero-order valence-electron chi connectivity index (χ0n) is 15.4. The van der Waals surface area contributed by atoms with Crippen LogP contribution < -0.4 is 0 Å². The minimum Gasteiger partial charge on any atom is -0.218 e. The summed E-state index contributed by atoms with van der Waals surface area (Å²) in [5.74, 6) is 0.396. The molecule has 126 valence electrons. The third-order valence-corrected chi connectivity index (χ3v) is 8.65. The highest BCUT2D eigenvalue weighted by Crippen LogP contribution is 2.56. The molecule has 0 aliphatic carbocycles. The molecular formula is C19H33NOS. The van der Waals surface area contributed by atoms with Crippen molar-refractivity contribution in [2.45, 2.75) is 76.4 Å². The van der Waals surface area contributed by atoms with Gasteiger partial charge in [-0.25, -0.2) is 10.0 Å². The summed E-state index contributed by atoms with van der Waals surface area (Å²) in [6, 6.07) is 4.49. The zero-order valence-corrected chi connectivity index (χ0v) is 16.2. The maximum absolute atomic E-state index is 11.3. The Kier molecular flexibility index (Phi) is 7.11. The Balaban J connectivity index is 3.36. The molecule has 0 aromatic heterocycles. The summed E-state index contributed by atoms with van der Waals surface area (Å²) >= 11 is 0. The third kappa shape index (κ3) is 4.13. The highest BCUT2D eigenvalue weighted by Gasteiger charge is 2.25. The van der Waals surface area contributed by atoms with Gasteiger partial charge in [-0.3, -0.25) is 0 Å². The van der Waals surface area contributed by atoms with Gasteiger partial charge in [0.2, 0.25) is 0 Å². The van der Waals surface area contributed by atoms with Gasteiger partial charge in [0.15, 0.2) is 0 Å². The van der Waals surface area contributed by atoms with Gasteiger partial charge in [0.25, 0.3) is 0 Å². The predicted molar refractivity (Wildman–Crippen MR) is 102 cm³/mol. The fourth-order valence-electron chi connectivity index (χ4n) is 3.10. The highest BCUT2D eigenvalue weighted by molar-refractivity contribution is 8.33. The zero-order chi connectivity index (χ0) is 16.9. The van der Waals surface area contributed by atoms with Crippen molar-refractivity contribution in [3.8, 4) is 0 Å². The number of benzene rings is 1. The van der Waals surface area contributed by atoms with E-state index in [1.807, 2.05) is 6.92 Å². The molecular weight excluding hydrogens is 290 g/mol. The lowest BCUT2D eigenvalue weighted by atomic mass is 9.93. The first-order chi connectivity index (χ1) is 10.3. The average molecular weight is 324 g/mol. The Morgan fingerprint density at radius 2 is 1.68 bits per heavy atom. The second-order valence-electron chi connectivity index (χ2n) is 6.96. The molecule has 0 radical (unpaired) electrons. The lowest BCUT2D eigenvalue weighted by molar-refractivity contribution is 0.663. The lowest BCUT2D eigenvalue weighted by Gasteiger charge is -2.39. The molecule has 0 fully saturated rings. The van der Waals surface area contributed by atoms with E-state index >= 15 is 0 Å². The molecule has 0 heterocycles. The monoisotopic (exact) mass is 323 g/mol. The average Bonchev–Trinajstić information content (AvgIpc) is 2.46. The van der Waals surface area contributed by atoms with E-state index in [2.05, 4.69) is 57.5 Å². The van der Waals surface area contributed by atoms with Crippen LogP contribution in [0.25, 0.3) is 0 Å². The Hall–Kier alpha value is -0.830. The van der Waals surface area contributed by atoms with Gasteiger partial charge in [-0.05, 0) is 76.8 Å².